The molecule has 2 aliphatic rings. The molecule has 0 amide bonds. The van der Waals surface area contributed by atoms with Crippen LogP contribution in [-0.2, 0) is 19.3 Å². The maximum atomic E-state index is 11.6. The zero-order valence-corrected chi connectivity index (χ0v) is 21.7. The van der Waals surface area contributed by atoms with E-state index >= 15 is 0 Å². The van der Waals surface area contributed by atoms with Crippen LogP contribution in [0.4, 0.5) is 5.69 Å². The molecule has 1 fully saturated rings. The van der Waals surface area contributed by atoms with Crippen molar-refractivity contribution < 1.29 is 9.90 Å². The molecule has 190 valence electrons. The Bertz CT molecular complexity index is 1510. The van der Waals surface area contributed by atoms with Crippen LogP contribution in [0, 0.1) is 13.8 Å². The van der Waals surface area contributed by atoms with E-state index in [2.05, 4.69) is 71.1 Å². The van der Waals surface area contributed by atoms with Crippen molar-refractivity contribution in [1.29, 1.82) is 0 Å². The number of aryl methyl sites for hydroxylation is 2. The number of hydrogen-bond donors (Lipinski definition) is 1. The van der Waals surface area contributed by atoms with Crippen molar-refractivity contribution in [3.8, 4) is 5.69 Å². The maximum Gasteiger partial charge on any atom is 0.356 e. The zero-order valence-electron chi connectivity index (χ0n) is 21.7. The molecule has 1 N–H and O–H groups in total. The van der Waals surface area contributed by atoms with E-state index in [4.69, 9.17) is 4.98 Å². The number of benzene rings is 2. The molecule has 1 atom stereocenters. The highest BCUT2D eigenvalue weighted by Crippen LogP contribution is 2.32. The van der Waals surface area contributed by atoms with Crippen molar-refractivity contribution in [2.45, 2.75) is 46.1 Å². The molecule has 2 aromatic carbocycles. The van der Waals surface area contributed by atoms with Crippen LogP contribution in [0.5, 0.6) is 0 Å². The summed E-state index contributed by atoms with van der Waals surface area (Å²) < 4.78 is 1.98. The van der Waals surface area contributed by atoms with Crippen molar-refractivity contribution in [3.63, 3.8) is 0 Å². The normalized spacial score (nSPS) is 17.6. The lowest BCUT2D eigenvalue weighted by Crippen LogP contribution is -2.52. The minimum atomic E-state index is -0.951. The highest BCUT2D eigenvalue weighted by molar-refractivity contribution is 5.92. The number of nitrogens with zero attached hydrogens (tertiary/aromatic N) is 5. The van der Waals surface area contributed by atoms with Crippen LogP contribution < -0.4 is 4.90 Å². The molecule has 0 radical (unpaired) electrons. The number of aromatic carboxylic acids is 1. The molecular formula is C30H33N5O2. The third-order valence-corrected chi connectivity index (χ3v) is 8.18. The number of imidazole rings is 1. The maximum absolute atomic E-state index is 11.6. The lowest BCUT2D eigenvalue weighted by molar-refractivity contribution is 0.0689. The summed E-state index contributed by atoms with van der Waals surface area (Å²) in [6.45, 7) is 10.6. The van der Waals surface area contributed by atoms with Crippen LogP contribution in [0.2, 0.25) is 0 Å². The van der Waals surface area contributed by atoms with Crippen molar-refractivity contribution >= 4 is 22.6 Å². The number of carbonyl (C=O) groups is 1. The average Bonchev–Trinajstić information content (AvgIpc) is 3.33. The predicted octanol–water partition coefficient (Wildman–Crippen LogP) is 4.59. The fourth-order valence-corrected chi connectivity index (χ4v) is 6.21. The molecule has 37 heavy (non-hydrogen) atoms. The number of anilines is 1. The minimum Gasteiger partial charge on any atom is -0.476 e. The Labute approximate surface area is 217 Å². The van der Waals surface area contributed by atoms with Crippen molar-refractivity contribution in [3.05, 3.63) is 82.6 Å². The van der Waals surface area contributed by atoms with E-state index in [9.17, 15) is 9.90 Å². The second-order valence-corrected chi connectivity index (χ2v) is 10.5. The van der Waals surface area contributed by atoms with Crippen LogP contribution in [0.1, 0.15) is 45.5 Å². The number of carboxylic acid groups (broad SMARTS) is 1. The second kappa shape index (κ2) is 9.30. The first-order chi connectivity index (χ1) is 17.9. The number of carboxylic acids is 1. The summed E-state index contributed by atoms with van der Waals surface area (Å²) in [6, 6.07) is 15.5. The number of aromatic nitrogens is 3. The van der Waals surface area contributed by atoms with E-state index in [1.54, 1.807) is 6.33 Å². The summed E-state index contributed by atoms with van der Waals surface area (Å²) in [5.41, 5.74) is 9.51. The molecule has 2 aromatic heterocycles. The molecule has 6 rings (SSSR count). The Balaban J connectivity index is 1.19. The van der Waals surface area contributed by atoms with Crippen LogP contribution in [0.3, 0.4) is 0 Å². The summed E-state index contributed by atoms with van der Waals surface area (Å²) in [7, 11) is 0. The van der Waals surface area contributed by atoms with E-state index in [0.717, 1.165) is 61.6 Å². The molecule has 4 heterocycles. The van der Waals surface area contributed by atoms with Crippen LogP contribution in [0.25, 0.3) is 16.6 Å². The number of pyridine rings is 1. The van der Waals surface area contributed by atoms with Gasteiger partial charge in [-0.1, -0.05) is 12.1 Å². The van der Waals surface area contributed by atoms with Crippen molar-refractivity contribution in [2.24, 2.45) is 0 Å². The fraction of sp³-hybridized carbons (Fsp3) is 0.367. The second-order valence-electron chi connectivity index (χ2n) is 10.5. The molecule has 0 unspecified atom stereocenters. The van der Waals surface area contributed by atoms with Gasteiger partial charge in [-0.15, -0.1) is 0 Å². The third-order valence-electron chi connectivity index (χ3n) is 8.18. The SMILES string of the molecule is Cc1ccc2c(N3CCN(CCc4c(C)ccc5c4CCc4c(C(=O)O)ncn4-5)[C@H](C)C3)cccc2n1. The number of hydrogen-bond acceptors (Lipinski definition) is 5. The molecule has 0 saturated carbocycles. The molecule has 0 spiro atoms. The topological polar surface area (TPSA) is 74.5 Å². The van der Waals surface area contributed by atoms with Crippen LogP contribution in [-0.4, -0.2) is 62.7 Å². The van der Waals surface area contributed by atoms with Crippen LogP contribution >= 0.6 is 0 Å². The fourth-order valence-electron chi connectivity index (χ4n) is 6.21. The van der Waals surface area contributed by atoms with E-state index in [-0.39, 0.29) is 5.69 Å². The molecule has 2 aliphatic heterocycles. The predicted molar refractivity (Wildman–Crippen MR) is 146 cm³/mol. The number of fused-ring (bicyclic) bond motifs is 4. The number of rotatable bonds is 5. The first-order valence-electron chi connectivity index (χ1n) is 13.2. The van der Waals surface area contributed by atoms with Gasteiger partial charge in [-0.2, -0.15) is 0 Å². The Kier molecular flexibility index (Phi) is 5.95. The van der Waals surface area contributed by atoms with Gasteiger partial charge >= 0.3 is 5.97 Å². The smallest absolute Gasteiger partial charge is 0.356 e. The van der Waals surface area contributed by atoms with Gasteiger partial charge in [0, 0.05) is 49.0 Å². The third kappa shape index (κ3) is 4.17. The average molecular weight is 496 g/mol. The van der Waals surface area contributed by atoms with Gasteiger partial charge in [0.2, 0.25) is 0 Å². The van der Waals surface area contributed by atoms with E-state index in [0.29, 0.717) is 12.5 Å². The van der Waals surface area contributed by atoms with Crippen molar-refractivity contribution in [1.82, 2.24) is 19.4 Å². The monoisotopic (exact) mass is 495 g/mol. The summed E-state index contributed by atoms with van der Waals surface area (Å²) >= 11 is 0. The quantitative estimate of drug-likeness (QED) is 0.437. The van der Waals surface area contributed by atoms with Gasteiger partial charge in [0.1, 0.15) is 6.33 Å². The lowest BCUT2D eigenvalue weighted by Gasteiger charge is -2.41. The molecular weight excluding hydrogens is 462 g/mol. The first kappa shape index (κ1) is 23.7. The molecule has 0 bridgehead atoms. The van der Waals surface area contributed by atoms with Gasteiger partial charge < -0.3 is 14.6 Å². The van der Waals surface area contributed by atoms with Gasteiger partial charge in [-0.3, -0.25) is 9.88 Å². The summed E-state index contributed by atoms with van der Waals surface area (Å²) in [5.74, 6) is -0.951. The van der Waals surface area contributed by atoms with Gasteiger partial charge in [0.05, 0.1) is 16.9 Å². The Morgan fingerprint density at radius 3 is 2.73 bits per heavy atom. The Morgan fingerprint density at radius 1 is 1.05 bits per heavy atom. The largest absolute Gasteiger partial charge is 0.476 e. The van der Waals surface area contributed by atoms with Gasteiger partial charge in [0.15, 0.2) is 5.69 Å². The van der Waals surface area contributed by atoms with Crippen molar-refractivity contribution in [2.75, 3.05) is 31.1 Å². The van der Waals surface area contributed by atoms with Gasteiger partial charge in [0.25, 0.3) is 0 Å². The molecule has 7 nitrogen and oxygen atoms in total. The van der Waals surface area contributed by atoms with E-state index in [1.807, 2.05) is 11.5 Å². The highest BCUT2D eigenvalue weighted by Gasteiger charge is 2.27. The highest BCUT2D eigenvalue weighted by atomic mass is 16.4. The van der Waals surface area contributed by atoms with E-state index < -0.39 is 5.97 Å². The standard InChI is InChI=1S/C30H33N5O2/c1-19-7-11-27-23(10-12-28-29(30(36)37)31-18-35(27)28)22(19)13-14-33-15-16-34(17-21(33)3)26-6-4-5-25-24(26)9-8-20(2)32-25/h4-9,11,18,21H,10,12-17H2,1-3H3,(H,36,37)/t21-/m1/s1. The van der Waals surface area contributed by atoms with Gasteiger partial charge in [-0.25, -0.2) is 9.78 Å². The zero-order chi connectivity index (χ0) is 25.7. The summed E-state index contributed by atoms with van der Waals surface area (Å²) in [6.07, 6.45) is 4.23. The summed E-state index contributed by atoms with van der Waals surface area (Å²) in [5, 5.41) is 10.7. The summed E-state index contributed by atoms with van der Waals surface area (Å²) in [4.78, 5) is 25.6. The minimum absolute atomic E-state index is 0.177. The molecule has 0 aliphatic carbocycles. The van der Waals surface area contributed by atoms with E-state index in [1.165, 1.54) is 27.8 Å². The first-order valence-corrected chi connectivity index (χ1v) is 13.2. The molecule has 7 heteroatoms. The van der Waals surface area contributed by atoms with Gasteiger partial charge in [-0.05, 0) is 87.1 Å². The molecule has 1 saturated heterocycles. The van der Waals surface area contributed by atoms with Crippen LogP contribution in [0.15, 0.2) is 48.8 Å². The lowest BCUT2D eigenvalue weighted by atomic mass is 9.90. The Morgan fingerprint density at radius 2 is 1.92 bits per heavy atom. The number of piperazine rings is 1. The Hall–Kier alpha value is -3.71. The molecule has 4 aromatic rings.